The summed E-state index contributed by atoms with van der Waals surface area (Å²) in [6, 6.07) is 0. The molecule has 0 spiro atoms. The van der Waals surface area contributed by atoms with Crippen molar-refractivity contribution in [3.63, 3.8) is 0 Å². The van der Waals surface area contributed by atoms with E-state index >= 15 is 0 Å². The van der Waals surface area contributed by atoms with E-state index in [1.807, 2.05) is 0 Å². The summed E-state index contributed by atoms with van der Waals surface area (Å²) in [6.07, 6.45) is 3.47. The highest BCUT2D eigenvalue weighted by atomic mass is 16.2. The van der Waals surface area contributed by atoms with Crippen molar-refractivity contribution in [1.82, 2.24) is 10.2 Å². The van der Waals surface area contributed by atoms with Gasteiger partial charge in [0.2, 0.25) is 11.8 Å². The van der Waals surface area contributed by atoms with Gasteiger partial charge in [0.1, 0.15) is 0 Å². The van der Waals surface area contributed by atoms with Gasteiger partial charge in [0, 0.05) is 19.6 Å². The molecule has 1 rings (SSSR count). The van der Waals surface area contributed by atoms with E-state index in [9.17, 15) is 9.59 Å². The number of hydrogen-bond donors (Lipinski definition) is 2. The Balaban J connectivity index is 2.82. The molecule has 1 heterocycles. The van der Waals surface area contributed by atoms with E-state index in [1.54, 1.807) is 4.90 Å². The molecule has 5 heteroatoms. The molecule has 0 atom stereocenters. The van der Waals surface area contributed by atoms with Crippen LogP contribution in [0.5, 0.6) is 0 Å². The van der Waals surface area contributed by atoms with Crippen LogP contribution in [0.25, 0.3) is 0 Å². The fourth-order valence-electron chi connectivity index (χ4n) is 2.73. The molecule has 1 aliphatic heterocycles. The average Bonchev–Trinajstić information content (AvgIpc) is 2.37. The molecule has 0 saturated carbocycles. The second-order valence-electron chi connectivity index (χ2n) is 5.06. The van der Waals surface area contributed by atoms with E-state index in [2.05, 4.69) is 19.2 Å². The van der Waals surface area contributed by atoms with Crippen molar-refractivity contribution in [2.24, 2.45) is 11.1 Å². The molecule has 0 aromatic heterocycles. The molecule has 18 heavy (non-hydrogen) atoms. The van der Waals surface area contributed by atoms with E-state index in [4.69, 9.17) is 5.73 Å². The molecule has 0 bridgehead atoms. The Kier molecular flexibility index (Phi) is 5.59. The van der Waals surface area contributed by atoms with E-state index in [0.29, 0.717) is 19.6 Å². The van der Waals surface area contributed by atoms with Crippen LogP contribution in [-0.4, -0.2) is 42.9 Å². The molecule has 0 aromatic rings. The third-order valence-electron chi connectivity index (χ3n) is 3.63. The number of nitrogens with one attached hydrogen (secondary N) is 1. The molecule has 0 unspecified atom stereocenters. The van der Waals surface area contributed by atoms with Crippen LogP contribution in [0.2, 0.25) is 0 Å². The van der Waals surface area contributed by atoms with Gasteiger partial charge in [0.15, 0.2) is 0 Å². The predicted molar refractivity (Wildman–Crippen MR) is 70.9 cm³/mol. The lowest BCUT2D eigenvalue weighted by molar-refractivity contribution is -0.147. The lowest BCUT2D eigenvalue weighted by Crippen LogP contribution is -2.56. The maximum atomic E-state index is 12.6. The fraction of sp³-hybridized carbons (Fsp3) is 0.846. The van der Waals surface area contributed by atoms with Crippen LogP contribution >= 0.6 is 0 Å². The minimum Gasteiger partial charge on any atom is -0.353 e. The molecular weight excluding hydrogens is 230 g/mol. The Morgan fingerprint density at radius 1 is 1.39 bits per heavy atom. The summed E-state index contributed by atoms with van der Waals surface area (Å²) in [7, 11) is 0. The second kappa shape index (κ2) is 6.73. The lowest BCUT2D eigenvalue weighted by atomic mass is 9.77. The quantitative estimate of drug-likeness (QED) is 0.725. The lowest BCUT2D eigenvalue weighted by Gasteiger charge is -2.37. The molecule has 0 radical (unpaired) electrons. The van der Waals surface area contributed by atoms with Gasteiger partial charge in [-0.15, -0.1) is 0 Å². The fourth-order valence-corrected chi connectivity index (χ4v) is 2.73. The van der Waals surface area contributed by atoms with E-state index in [1.165, 1.54) is 0 Å². The topological polar surface area (TPSA) is 75.4 Å². The van der Waals surface area contributed by atoms with Gasteiger partial charge in [-0.2, -0.15) is 0 Å². The summed E-state index contributed by atoms with van der Waals surface area (Å²) in [5.41, 5.74) is 5.40. The Morgan fingerprint density at radius 2 is 2.00 bits per heavy atom. The summed E-state index contributed by atoms with van der Waals surface area (Å²) in [5, 5.41) is 2.74. The molecule has 5 nitrogen and oxygen atoms in total. The first-order valence-corrected chi connectivity index (χ1v) is 6.85. The monoisotopic (exact) mass is 255 g/mol. The van der Waals surface area contributed by atoms with Gasteiger partial charge >= 0.3 is 0 Å². The van der Waals surface area contributed by atoms with Crippen molar-refractivity contribution >= 4 is 11.8 Å². The standard InChI is InChI=1S/C13H25N3O2/c1-3-5-13(10-14,6-4-2)12(18)16-8-7-15-11(17)9-16/h3-10,14H2,1-2H3,(H,15,17). The van der Waals surface area contributed by atoms with Crippen LogP contribution in [0.3, 0.4) is 0 Å². The van der Waals surface area contributed by atoms with Gasteiger partial charge in [-0.3, -0.25) is 9.59 Å². The maximum absolute atomic E-state index is 12.6. The first-order chi connectivity index (χ1) is 8.59. The number of piperazine rings is 1. The molecule has 3 N–H and O–H groups in total. The van der Waals surface area contributed by atoms with Gasteiger partial charge in [-0.25, -0.2) is 0 Å². The SMILES string of the molecule is CCCC(CN)(CCC)C(=O)N1CCNC(=O)C1. The summed E-state index contributed by atoms with van der Waals surface area (Å²) in [5.74, 6) is -0.0166. The smallest absolute Gasteiger partial charge is 0.239 e. The van der Waals surface area contributed by atoms with Crippen LogP contribution in [0.1, 0.15) is 39.5 Å². The normalized spacial score (nSPS) is 16.6. The van der Waals surface area contributed by atoms with Gasteiger partial charge in [0.25, 0.3) is 0 Å². The highest BCUT2D eigenvalue weighted by Gasteiger charge is 2.39. The van der Waals surface area contributed by atoms with Gasteiger partial charge in [0.05, 0.1) is 12.0 Å². The van der Waals surface area contributed by atoms with Crippen molar-refractivity contribution in [1.29, 1.82) is 0 Å². The number of carbonyl (C=O) groups excluding carboxylic acids is 2. The molecule has 0 aromatic carbocycles. The minimum absolute atomic E-state index is 0.0588. The molecule has 0 aliphatic carbocycles. The summed E-state index contributed by atoms with van der Waals surface area (Å²) in [4.78, 5) is 25.7. The van der Waals surface area contributed by atoms with Crippen molar-refractivity contribution in [2.45, 2.75) is 39.5 Å². The Labute approximate surface area is 109 Å². The van der Waals surface area contributed by atoms with Gasteiger partial charge in [-0.1, -0.05) is 26.7 Å². The molecular formula is C13H25N3O2. The predicted octanol–water partition coefficient (Wildman–Crippen LogP) is 0.490. The Bertz CT molecular complexity index is 299. The highest BCUT2D eigenvalue weighted by Crippen LogP contribution is 2.31. The number of carbonyl (C=O) groups is 2. The second-order valence-corrected chi connectivity index (χ2v) is 5.06. The third-order valence-corrected chi connectivity index (χ3v) is 3.63. The molecule has 2 amide bonds. The van der Waals surface area contributed by atoms with Gasteiger partial charge in [-0.05, 0) is 12.8 Å². The third kappa shape index (κ3) is 3.22. The maximum Gasteiger partial charge on any atom is 0.239 e. The van der Waals surface area contributed by atoms with Crippen LogP contribution in [0, 0.1) is 5.41 Å². The largest absolute Gasteiger partial charge is 0.353 e. The average molecular weight is 255 g/mol. The zero-order valence-corrected chi connectivity index (χ0v) is 11.5. The zero-order valence-electron chi connectivity index (χ0n) is 11.5. The van der Waals surface area contributed by atoms with Gasteiger partial charge < -0.3 is 16.0 Å². The molecule has 104 valence electrons. The molecule has 1 fully saturated rings. The van der Waals surface area contributed by atoms with Crippen molar-refractivity contribution in [2.75, 3.05) is 26.2 Å². The van der Waals surface area contributed by atoms with Crippen molar-refractivity contribution < 1.29 is 9.59 Å². The summed E-state index contributed by atoms with van der Waals surface area (Å²) >= 11 is 0. The van der Waals surface area contributed by atoms with Crippen LogP contribution < -0.4 is 11.1 Å². The molecule has 1 saturated heterocycles. The van der Waals surface area contributed by atoms with Crippen LogP contribution in [-0.2, 0) is 9.59 Å². The van der Waals surface area contributed by atoms with Crippen LogP contribution in [0.4, 0.5) is 0 Å². The van der Waals surface area contributed by atoms with Crippen molar-refractivity contribution in [3.05, 3.63) is 0 Å². The number of nitrogens with two attached hydrogens (primary N) is 1. The first kappa shape index (κ1) is 15.0. The summed E-state index contributed by atoms with van der Waals surface area (Å²) in [6.45, 7) is 5.81. The highest BCUT2D eigenvalue weighted by molar-refractivity contribution is 5.89. The summed E-state index contributed by atoms with van der Waals surface area (Å²) < 4.78 is 0. The number of rotatable bonds is 6. The molecule has 1 aliphatic rings. The van der Waals surface area contributed by atoms with Crippen LogP contribution in [0.15, 0.2) is 0 Å². The first-order valence-electron chi connectivity index (χ1n) is 6.85. The zero-order chi connectivity index (χ0) is 13.6. The minimum atomic E-state index is -0.471. The number of hydrogen-bond acceptors (Lipinski definition) is 3. The number of nitrogens with zero attached hydrogens (tertiary/aromatic N) is 1. The van der Waals surface area contributed by atoms with E-state index in [0.717, 1.165) is 25.7 Å². The number of amides is 2. The Morgan fingerprint density at radius 3 is 2.44 bits per heavy atom. The van der Waals surface area contributed by atoms with E-state index < -0.39 is 5.41 Å². The van der Waals surface area contributed by atoms with Crippen molar-refractivity contribution in [3.8, 4) is 0 Å². The van der Waals surface area contributed by atoms with E-state index in [-0.39, 0.29) is 18.4 Å². The Hall–Kier alpha value is -1.10.